The van der Waals surface area contributed by atoms with Crippen molar-refractivity contribution in [2.45, 2.75) is 20.8 Å². The summed E-state index contributed by atoms with van der Waals surface area (Å²) in [5.74, 6) is -0.327. The van der Waals surface area contributed by atoms with E-state index < -0.39 is 0 Å². The number of carbonyl (C=O) groups excluding carboxylic acids is 1. The second kappa shape index (κ2) is 5.43. The standard InChI is InChI=1S/C14H14BrNO2S/c1-7-5-10(6-8(2)11(7)15)13-16-9(3)12(19-13)14(17)18-4/h5-6H,1-4H3. The van der Waals surface area contributed by atoms with Gasteiger partial charge in [-0.15, -0.1) is 11.3 Å². The lowest BCUT2D eigenvalue weighted by Gasteiger charge is -2.05. The number of methoxy groups -OCH3 is 1. The predicted octanol–water partition coefficient (Wildman–Crippen LogP) is 4.28. The maximum atomic E-state index is 11.6. The Labute approximate surface area is 124 Å². The molecule has 0 unspecified atom stereocenters. The third-order valence-electron chi connectivity index (χ3n) is 2.85. The number of halogens is 1. The lowest BCUT2D eigenvalue weighted by molar-refractivity contribution is 0.0605. The first-order valence-corrected chi connectivity index (χ1v) is 7.38. The number of hydrogen-bond acceptors (Lipinski definition) is 4. The summed E-state index contributed by atoms with van der Waals surface area (Å²) in [5, 5.41) is 0.844. The van der Waals surface area contributed by atoms with Crippen molar-refractivity contribution in [3.05, 3.63) is 38.3 Å². The summed E-state index contributed by atoms with van der Waals surface area (Å²) in [6.45, 7) is 5.91. The summed E-state index contributed by atoms with van der Waals surface area (Å²) in [6, 6.07) is 4.13. The molecular weight excluding hydrogens is 326 g/mol. The molecule has 0 aliphatic carbocycles. The second-order valence-corrected chi connectivity index (χ2v) is 6.14. The van der Waals surface area contributed by atoms with E-state index in [0.29, 0.717) is 10.6 Å². The minimum Gasteiger partial charge on any atom is -0.465 e. The highest BCUT2D eigenvalue weighted by Gasteiger charge is 2.17. The summed E-state index contributed by atoms with van der Waals surface area (Å²) in [6.07, 6.45) is 0. The molecule has 0 bridgehead atoms. The van der Waals surface area contributed by atoms with Crippen LogP contribution < -0.4 is 0 Å². The van der Waals surface area contributed by atoms with Crippen LogP contribution >= 0.6 is 27.3 Å². The van der Waals surface area contributed by atoms with Crippen molar-refractivity contribution in [1.29, 1.82) is 0 Å². The van der Waals surface area contributed by atoms with Gasteiger partial charge in [0.25, 0.3) is 0 Å². The summed E-state index contributed by atoms with van der Waals surface area (Å²) in [4.78, 5) is 16.6. The number of aryl methyl sites for hydroxylation is 3. The van der Waals surface area contributed by atoms with E-state index >= 15 is 0 Å². The monoisotopic (exact) mass is 339 g/mol. The second-order valence-electron chi connectivity index (χ2n) is 4.35. The van der Waals surface area contributed by atoms with Crippen molar-refractivity contribution >= 4 is 33.2 Å². The molecule has 0 saturated carbocycles. The molecule has 2 aromatic rings. The van der Waals surface area contributed by atoms with Crippen LogP contribution in [0, 0.1) is 20.8 Å². The number of hydrogen-bond donors (Lipinski definition) is 0. The number of esters is 1. The Hall–Kier alpha value is -1.20. The Morgan fingerprint density at radius 3 is 2.37 bits per heavy atom. The summed E-state index contributed by atoms with van der Waals surface area (Å²) < 4.78 is 5.87. The first-order valence-electron chi connectivity index (χ1n) is 5.77. The first kappa shape index (κ1) is 14.2. The fraction of sp³-hybridized carbons (Fsp3) is 0.286. The van der Waals surface area contributed by atoms with Crippen LogP contribution in [0.4, 0.5) is 0 Å². The normalized spacial score (nSPS) is 10.6. The maximum absolute atomic E-state index is 11.6. The van der Waals surface area contributed by atoms with Gasteiger partial charge in [-0.3, -0.25) is 0 Å². The Morgan fingerprint density at radius 1 is 1.26 bits per heavy atom. The Morgan fingerprint density at radius 2 is 1.84 bits per heavy atom. The molecule has 1 heterocycles. The van der Waals surface area contributed by atoms with Crippen LogP contribution in [0.5, 0.6) is 0 Å². The number of aromatic nitrogens is 1. The Bertz CT molecular complexity index is 626. The molecule has 0 atom stereocenters. The summed E-state index contributed by atoms with van der Waals surface area (Å²) in [7, 11) is 1.38. The number of ether oxygens (including phenoxy) is 1. The largest absolute Gasteiger partial charge is 0.465 e. The zero-order valence-electron chi connectivity index (χ0n) is 11.2. The lowest BCUT2D eigenvalue weighted by atomic mass is 10.1. The molecule has 0 saturated heterocycles. The highest BCUT2D eigenvalue weighted by Crippen LogP contribution is 2.32. The molecule has 0 spiro atoms. The zero-order chi connectivity index (χ0) is 14.2. The van der Waals surface area contributed by atoms with E-state index in [1.54, 1.807) is 0 Å². The van der Waals surface area contributed by atoms with Crippen molar-refractivity contribution in [2.75, 3.05) is 7.11 Å². The molecule has 0 N–H and O–H groups in total. The third kappa shape index (κ3) is 2.72. The highest BCUT2D eigenvalue weighted by molar-refractivity contribution is 9.10. The average Bonchev–Trinajstić information content (AvgIpc) is 2.76. The molecule has 100 valence electrons. The van der Waals surface area contributed by atoms with Gasteiger partial charge in [-0.2, -0.15) is 0 Å². The van der Waals surface area contributed by atoms with Crippen LogP contribution in [-0.4, -0.2) is 18.1 Å². The van der Waals surface area contributed by atoms with E-state index in [0.717, 1.165) is 26.2 Å². The van der Waals surface area contributed by atoms with Crippen molar-refractivity contribution in [3.8, 4) is 10.6 Å². The highest BCUT2D eigenvalue weighted by atomic mass is 79.9. The van der Waals surface area contributed by atoms with Crippen LogP contribution in [0.3, 0.4) is 0 Å². The van der Waals surface area contributed by atoms with E-state index in [2.05, 4.69) is 33.0 Å². The van der Waals surface area contributed by atoms with Crippen LogP contribution in [0.1, 0.15) is 26.5 Å². The van der Waals surface area contributed by atoms with E-state index in [9.17, 15) is 4.79 Å². The quantitative estimate of drug-likeness (QED) is 0.766. The van der Waals surface area contributed by atoms with Gasteiger partial charge in [0.15, 0.2) is 0 Å². The summed E-state index contributed by atoms with van der Waals surface area (Å²) in [5.41, 5.74) is 4.05. The Balaban J connectivity index is 2.51. The molecule has 1 aromatic carbocycles. The molecule has 5 heteroatoms. The number of nitrogens with zero attached hydrogens (tertiary/aromatic N) is 1. The van der Waals surface area contributed by atoms with Gasteiger partial charge in [0.1, 0.15) is 9.88 Å². The minimum atomic E-state index is -0.327. The summed E-state index contributed by atoms with van der Waals surface area (Å²) >= 11 is 4.92. The lowest BCUT2D eigenvalue weighted by Crippen LogP contribution is -1.99. The molecule has 19 heavy (non-hydrogen) atoms. The van der Waals surface area contributed by atoms with Crippen LogP contribution in [0.25, 0.3) is 10.6 Å². The van der Waals surface area contributed by atoms with Gasteiger partial charge in [-0.25, -0.2) is 9.78 Å². The predicted molar refractivity (Wildman–Crippen MR) is 80.8 cm³/mol. The van der Waals surface area contributed by atoms with Crippen LogP contribution in [0.15, 0.2) is 16.6 Å². The number of thiazole rings is 1. The molecule has 0 aliphatic heterocycles. The molecule has 0 amide bonds. The smallest absolute Gasteiger partial charge is 0.349 e. The number of carbonyl (C=O) groups is 1. The van der Waals surface area contributed by atoms with Crippen molar-refractivity contribution in [2.24, 2.45) is 0 Å². The van der Waals surface area contributed by atoms with Gasteiger partial charge in [0.05, 0.1) is 12.8 Å². The van der Waals surface area contributed by atoms with Gasteiger partial charge in [0, 0.05) is 10.0 Å². The number of rotatable bonds is 2. The van der Waals surface area contributed by atoms with Crippen molar-refractivity contribution < 1.29 is 9.53 Å². The molecular formula is C14H14BrNO2S. The SMILES string of the molecule is COC(=O)c1sc(-c2cc(C)c(Br)c(C)c2)nc1C. The zero-order valence-corrected chi connectivity index (χ0v) is 13.6. The van der Waals surface area contributed by atoms with Crippen LogP contribution in [-0.2, 0) is 4.74 Å². The minimum absolute atomic E-state index is 0.327. The topological polar surface area (TPSA) is 39.2 Å². The molecule has 1 aromatic heterocycles. The third-order valence-corrected chi connectivity index (χ3v) is 5.29. The fourth-order valence-corrected chi connectivity index (χ4v) is 3.07. The molecule has 2 rings (SSSR count). The van der Waals surface area contributed by atoms with Gasteiger partial charge in [-0.05, 0) is 44.0 Å². The van der Waals surface area contributed by atoms with E-state index in [1.165, 1.54) is 18.4 Å². The van der Waals surface area contributed by atoms with Gasteiger partial charge in [0.2, 0.25) is 0 Å². The van der Waals surface area contributed by atoms with E-state index in [4.69, 9.17) is 4.74 Å². The fourth-order valence-electron chi connectivity index (χ4n) is 1.87. The van der Waals surface area contributed by atoms with Gasteiger partial charge >= 0.3 is 5.97 Å². The van der Waals surface area contributed by atoms with E-state index in [1.807, 2.05) is 20.8 Å². The van der Waals surface area contributed by atoms with Crippen molar-refractivity contribution in [1.82, 2.24) is 4.98 Å². The molecule has 0 aliphatic rings. The van der Waals surface area contributed by atoms with Crippen LogP contribution in [0.2, 0.25) is 0 Å². The van der Waals surface area contributed by atoms with Gasteiger partial charge < -0.3 is 4.74 Å². The van der Waals surface area contributed by atoms with E-state index in [-0.39, 0.29) is 5.97 Å². The molecule has 0 radical (unpaired) electrons. The molecule has 3 nitrogen and oxygen atoms in total. The van der Waals surface area contributed by atoms with Gasteiger partial charge in [-0.1, -0.05) is 15.9 Å². The maximum Gasteiger partial charge on any atom is 0.349 e. The Kier molecular flexibility index (Phi) is 4.06. The molecule has 0 fully saturated rings. The van der Waals surface area contributed by atoms with Crippen molar-refractivity contribution in [3.63, 3.8) is 0 Å². The number of benzene rings is 1. The first-order chi connectivity index (χ1) is 8.93. The average molecular weight is 340 g/mol.